The van der Waals surface area contributed by atoms with Gasteiger partial charge in [0.1, 0.15) is 0 Å². The summed E-state index contributed by atoms with van der Waals surface area (Å²) in [6.45, 7) is 4.00. The van der Waals surface area contributed by atoms with Crippen molar-refractivity contribution in [3.63, 3.8) is 0 Å². The number of carbonyl (C=O) groups excluding carboxylic acids is 2. The number of thiazole rings is 1. The van der Waals surface area contributed by atoms with Crippen LogP contribution in [0.4, 0.5) is 5.13 Å². The highest BCUT2D eigenvalue weighted by Crippen LogP contribution is 2.21. The molecule has 1 heterocycles. The molecule has 0 radical (unpaired) electrons. The molecule has 0 saturated heterocycles. The minimum atomic E-state index is -0.320. The Bertz CT molecular complexity index is 713. The molecule has 2 rings (SSSR count). The molecule has 23 heavy (non-hydrogen) atoms. The van der Waals surface area contributed by atoms with Crippen LogP contribution in [0.25, 0.3) is 0 Å². The van der Waals surface area contributed by atoms with Gasteiger partial charge >= 0.3 is 5.97 Å². The lowest BCUT2D eigenvalue weighted by Crippen LogP contribution is -2.13. The average Bonchev–Trinajstić information content (AvgIpc) is 2.94. The maximum atomic E-state index is 12.4. The highest BCUT2D eigenvalue weighted by atomic mass is 32.2. The van der Waals surface area contributed by atoms with E-state index in [4.69, 9.17) is 4.74 Å². The molecule has 5 nitrogen and oxygen atoms in total. The van der Waals surface area contributed by atoms with Crippen molar-refractivity contribution in [3.05, 3.63) is 40.4 Å². The summed E-state index contributed by atoms with van der Waals surface area (Å²) in [5.41, 5.74) is 2.13. The maximum absolute atomic E-state index is 12.4. The van der Waals surface area contributed by atoms with E-state index >= 15 is 0 Å². The van der Waals surface area contributed by atoms with Gasteiger partial charge in [-0.3, -0.25) is 14.9 Å². The molecule has 0 aliphatic carbocycles. The number of hydrogen-bond acceptors (Lipinski definition) is 6. The highest BCUT2D eigenvalue weighted by molar-refractivity contribution is 7.98. The molecule has 0 atom stereocenters. The summed E-state index contributed by atoms with van der Waals surface area (Å²) in [6, 6.07) is 5.77. The van der Waals surface area contributed by atoms with Crippen molar-refractivity contribution < 1.29 is 14.3 Å². The number of aryl methyl sites for hydroxylation is 1. The van der Waals surface area contributed by atoms with Gasteiger partial charge in [0.2, 0.25) is 0 Å². The average molecular weight is 350 g/mol. The molecule has 7 heteroatoms. The van der Waals surface area contributed by atoms with E-state index in [1.165, 1.54) is 11.3 Å². The Hall–Kier alpha value is -1.86. The predicted octanol–water partition coefficient (Wildman–Crippen LogP) is 3.53. The van der Waals surface area contributed by atoms with Crippen molar-refractivity contribution in [1.29, 1.82) is 0 Å². The van der Waals surface area contributed by atoms with Crippen LogP contribution in [0, 0.1) is 6.92 Å². The molecule has 122 valence electrons. The summed E-state index contributed by atoms with van der Waals surface area (Å²) in [5, 5.41) is 5.01. The number of thioether (sulfide) groups is 1. The van der Waals surface area contributed by atoms with Crippen LogP contribution in [0.15, 0.2) is 28.5 Å². The molecule has 1 amide bonds. The molecule has 0 aliphatic heterocycles. The Morgan fingerprint density at radius 2 is 2.17 bits per heavy atom. The number of amides is 1. The topological polar surface area (TPSA) is 68.3 Å². The molecule has 0 aliphatic rings. The fraction of sp³-hybridized carbons (Fsp3) is 0.312. The summed E-state index contributed by atoms with van der Waals surface area (Å²) < 4.78 is 4.88. The fourth-order valence-electron chi connectivity index (χ4n) is 1.94. The number of ether oxygens (including phenoxy) is 1. The van der Waals surface area contributed by atoms with Gasteiger partial charge in [-0.2, -0.15) is 0 Å². The lowest BCUT2D eigenvalue weighted by molar-refractivity contribution is -0.142. The number of carbonyl (C=O) groups is 2. The zero-order chi connectivity index (χ0) is 16.8. The first-order valence-corrected chi connectivity index (χ1v) is 9.20. The number of esters is 1. The van der Waals surface area contributed by atoms with Crippen molar-refractivity contribution in [2.75, 3.05) is 18.2 Å². The molecule has 0 spiro atoms. The SMILES string of the molecule is CCOC(=O)Cc1csc(NC(=O)c2cc(SC)ccc2C)n1. The molecule has 1 aromatic carbocycles. The quantitative estimate of drug-likeness (QED) is 0.637. The molecular formula is C16H18N2O3S2. The fourth-order valence-corrected chi connectivity index (χ4v) is 3.09. The van der Waals surface area contributed by atoms with E-state index in [-0.39, 0.29) is 18.3 Å². The number of aromatic nitrogens is 1. The van der Waals surface area contributed by atoms with Gasteiger partial charge in [0.25, 0.3) is 5.91 Å². The molecule has 1 N–H and O–H groups in total. The van der Waals surface area contributed by atoms with Crippen LogP contribution in [0.5, 0.6) is 0 Å². The van der Waals surface area contributed by atoms with Crippen LogP contribution < -0.4 is 5.32 Å². The number of rotatable bonds is 6. The minimum Gasteiger partial charge on any atom is -0.466 e. The van der Waals surface area contributed by atoms with E-state index < -0.39 is 0 Å². The Kier molecular flexibility index (Phi) is 6.18. The van der Waals surface area contributed by atoms with Crippen molar-refractivity contribution >= 4 is 40.1 Å². The van der Waals surface area contributed by atoms with Gasteiger partial charge in [0.05, 0.1) is 18.7 Å². The predicted molar refractivity (Wildman–Crippen MR) is 93.4 cm³/mol. The van der Waals surface area contributed by atoms with Gasteiger partial charge in [-0.25, -0.2) is 4.98 Å². The summed E-state index contributed by atoms with van der Waals surface area (Å²) in [5.74, 6) is -0.519. The van der Waals surface area contributed by atoms with E-state index in [1.807, 2.05) is 31.4 Å². The van der Waals surface area contributed by atoms with Crippen molar-refractivity contribution in [3.8, 4) is 0 Å². The molecule has 2 aromatic rings. The van der Waals surface area contributed by atoms with E-state index in [0.717, 1.165) is 10.5 Å². The Morgan fingerprint density at radius 3 is 2.87 bits per heavy atom. The second kappa shape index (κ2) is 8.12. The monoisotopic (exact) mass is 350 g/mol. The second-order valence-corrected chi connectivity index (χ2v) is 6.50. The van der Waals surface area contributed by atoms with Crippen LogP contribution in [0.2, 0.25) is 0 Å². The van der Waals surface area contributed by atoms with Crippen LogP contribution in [-0.4, -0.2) is 29.7 Å². The molecule has 0 fully saturated rings. The van der Waals surface area contributed by atoms with Crippen molar-refractivity contribution in [1.82, 2.24) is 4.98 Å². The normalized spacial score (nSPS) is 10.4. The summed E-state index contributed by atoms with van der Waals surface area (Å²) >= 11 is 2.88. The second-order valence-electron chi connectivity index (χ2n) is 4.76. The first-order valence-electron chi connectivity index (χ1n) is 7.09. The van der Waals surface area contributed by atoms with Crippen LogP contribution in [0.1, 0.15) is 28.5 Å². The highest BCUT2D eigenvalue weighted by Gasteiger charge is 2.13. The van der Waals surface area contributed by atoms with Gasteiger partial charge in [-0.05, 0) is 37.8 Å². The summed E-state index contributed by atoms with van der Waals surface area (Å²) in [7, 11) is 0. The zero-order valence-corrected chi connectivity index (χ0v) is 14.8. The standard InChI is InChI=1S/C16H18N2O3S2/c1-4-21-14(19)7-11-9-23-16(17-11)18-15(20)13-8-12(22-3)6-5-10(13)2/h5-6,8-9H,4,7H2,1-3H3,(H,17,18,20). The smallest absolute Gasteiger partial charge is 0.311 e. The third kappa shape index (κ3) is 4.80. The lowest BCUT2D eigenvalue weighted by Gasteiger charge is -2.07. The van der Waals surface area contributed by atoms with E-state index in [0.29, 0.717) is 23.0 Å². The van der Waals surface area contributed by atoms with Crippen LogP contribution in [0.3, 0.4) is 0 Å². The maximum Gasteiger partial charge on any atom is 0.311 e. The van der Waals surface area contributed by atoms with Crippen LogP contribution in [-0.2, 0) is 16.0 Å². The third-order valence-electron chi connectivity index (χ3n) is 3.09. The zero-order valence-electron chi connectivity index (χ0n) is 13.2. The molecular weight excluding hydrogens is 332 g/mol. The number of nitrogens with one attached hydrogen (secondary N) is 1. The first kappa shape index (κ1) is 17.5. The Morgan fingerprint density at radius 1 is 1.39 bits per heavy atom. The van der Waals surface area contributed by atoms with Gasteiger partial charge < -0.3 is 4.74 Å². The summed E-state index contributed by atoms with van der Waals surface area (Å²) in [6.07, 6.45) is 2.08. The number of benzene rings is 1. The van der Waals surface area contributed by atoms with Crippen LogP contribution >= 0.6 is 23.1 Å². The lowest BCUT2D eigenvalue weighted by atomic mass is 10.1. The van der Waals surface area contributed by atoms with Gasteiger partial charge in [0.15, 0.2) is 5.13 Å². The number of anilines is 1. The molecule has 0 saturated carbocycles. The van der Waals surface area contributed by atoms with Gasteiger partial charge in [0, 0.05) is 15.8 Å². The van der Waals surface area contributed by atoms with Gasteiger partial charge in [-0.1, -0.05) is 6.07 Å². The molecule has 1 aromatic heterocycles. The minimum absolute atomic E-state index is 0.112. The first-order chi connectivity index (χ1) is 11.0. The number of nitrogens with zero attached hydrogens (tertiary/aromatic N) is 1. The van der Waals surface area contributed by atoms with E-state index in [1.54, 1.807) is 24.1 Å². The molecule has 0 unspecified atom stereocenters. The van der Waals surface area contributed by atoms with Gasteiger partial charge in [-0.15, -0.1) is 23.1 Å². The molecule has 0 bridgehead atoms. The third-order valence-corrected chi connectivity index (χ3v) is 4.62. The van der Waals surface area contributed by atoms with Crippen molar-refractivity contribution in [2.45, 2.75) is 25.2 Å². The van der Waals surface area contributed by atoms with E-state index in [2.05, 4.69) is 10.3 Å². The Balaban J connectivity index is 2.06. The Labute approximate surface area is 143 Å². The van der Waals surface area contributed by atoms with Crippen molar-refractivity contribution in [2.24, 2.45) is 0 Å². The largest absolute Gasteiger partial charge is 0.466 e. The van der Waals surface area contributed by atoms with E-state index in [9.17, 15) is 9.59 Å². The number of hydrogen-bond donors (Lipinski definition) is 1. The summed E-state index contributed by atoms with van der Waals surface area (Å²) in [4.78, 5) is 29.1.